The number of anilines is 1. The molecule has 0 aliphatic heterocycles. The summed E-state index contributed by atoms with van der Waals surface area (Å²) in [5.41, 5.74) is 2.87. The maximum atomic E-state index is 11.9. The van der Waals surface area contributed by atoms with Gasteiger partial charge in [-0.25, -0.2) is 9.78 Å². The first-order valence-electron chi connectivity index (χ1n) is 7.00. The van der Waals surface area contributed by atoms with Crippen molar-refractivity contribution in [3.8, 4) is 11.1 Å². The zero-order chi connectivity index (χ0) is 16.2. The summed E-state index contributed by atoms with van der Waals surface area (Å²) in [6.45, 7) is 2.33. The molecule has 0 bridgehead atoms. The summed E-state index contributed by atoms with van der Waals surface area (Å²) in [5, 5.41) is 10.2. The van der Waals surface area contributed by atoms with Crippen molar-refractivity contribution >= 4 is 22.5 Å². The standard InChI is InChI=1S/C15H16N6OS/c1-10-4-18-15(23-10)20-14(22)17-6-11-3-12(7-16-5-11)13-8-19-21(2)9-13/h3-5,7-9H,6H2,1-2H3,(H2,17,18,20,22). The van der Waals surface area contributed by atoms with Crippen molar-refractivity contribution in [3.05, 3.63) is 47.5 Å². The van der Waals surface area contributed by atoms with Gasteiger partial charge in [0.25, 0.3) is 0 Å². The second kappa shape index (κ2) is 6.57. The van der Waals surface area contributed by atoms with Crippen LogP contribution in [0.4, 0.5) is 9.93 Å². The molecule has 2 N–H and O–H groups in total. The number of carbonyl (C=O) groups is 1. The second-order valence-corrected chi connectivity index (χ2v) is 6.30. The number of amides is 2. The Bertz CT molecular complexity index is 825. The highest BCUT2D eigenvalue weighted by atomic mass is 32.1. The number of nitrogens with zero attached hydrogens (tertiary/aromatic N) is 4. The lowest BCUT2D eigenvalue weighted by Crippen LogP contribution is -2.28. The van der Waals surface area contributed by atoms with Gasteiger partial charge in [-0.3, -0.25) is 15.0 Å². The molecule has 0 saturated carbocycles. The number of rotatable bonds is 4. The molecular formula is C15H16N6OS. The lowest BCUT2D eigenvalue weighted by Gasteiger charge is -2.06. The van der Waals surface area contributed by atoms with Gasteiger partial charge in [-0.15, -0.1) is 11.3 Å². The van der Waals surface area contributed by atoms with Gasteiger partial charge in [-0.05, 0) is 18.6 Å². The normalized spacial score (nSPS) is 10.5. The van der Waals surface area contributed by atoms with Crippen molar-refractivity contribution in [3.63, 3.8) is 0 Å². The van der Waals surface area contributed by atoms with Gasteiger partial charge >= 0.3 is 6.03 Å². The number of carbonyl (C=O) groups excluding carboxylic acids is 1. The molecule has 3 heterocycles. The molecule has 0 radical (unpaired) electrons. The number of urea groups is 1. The minimum Gasteiger partial charge on any atom is -0.334 e. The molecule has 118 valence electrons. The van der Waals surface area contributed by atoms with Crippen LogP contribution < -0.4 is 10.6 Å². The van der Waals surface area contributed by atoms with E-state index in [0.29, 0.717) is 11.7 Å². The summed E-state index contributed by atoms with van der Waals surface area (Å²) < 4.78 is 1.74. The van der Waals surface area contributed by atoms with Crippen LogP contribution in [0.5, 0.6) is 0 Å². The molecule has 0 saturated heterocycles. The quantitative estimate of drug-likeness (QED) is 0.771. The van der Waals surface area contributed by atoms with Crippen LogP contribution in [0.1, 0.15) is 10.4 Å². The van der Waals surface area contributed by atoms with E-state index in [1.165, 1.54) is 11.3 Å². The molecule has 23 heavy (non-hydrogen) atoms. The zero-order valence-corrected chi connectivity index (χ0v) is 13.6. The van der Waals surface area contributed by atoms with Gasteiger partial charge in [0, 0.05) is 54.4 Å². The summed E-state index contributed by atoms with van der Waals surface area (Å²) in [5.74, 6) is 0. The van der Waals surface area contributed by atoms with E-state index >= 15 is 0 Å². The SMILES string of the molecule is Cc1cnc(NC(=O)NCc2cncc(-c3cnn(C)c3)c2)s1. The lowest BCUT2D eigenvalue weighted by atomic mass is 10.1. The lowest BCUT2D eigenvalue weighted by molar-refractivity contribution is 0.251. The predicted octanol–water partition coefficient (Wildman–Crippen LogP) is 2.57. The van der Waals surface area contributed by atoms with Gasteiger partial charge in [0.05, 0.1) is 6.20 Å². The fourth-order valence-electron chi connectivity index (χ4n) is 2.05. The third kappa shape index (κ3) is 3.92. The van der Waals surface area contributed by atoms with E-state index in [1.54, 1.807) is 29.5 Å². The van der Waals surface area contributed by atoms with Crippen molar-refractivity contribution in [1.82, 2.24) is 25.1 Å². The van der Waals surface area contributed by atoms with Crippen molar-refractivity contribution in [2.45, 2.75) is 13.5 Å². The van der Waals surface area contributed by atoms with Gasteiger partial charge in [-0.2, -0.15) is 5.10 Å². The first-order chi connectivity index (χ1) is 11.1. The predicted molar refractivity (Wildman–Crippen MR) is 89.1 cm³/mol. The number of nitrogens with one attached hydrogen (secondary N) is 2. The van der Waals surface area contributed by atoms with Crippen molar-refractivity contribution < 1.29 is 4.79 Å². The summed E-state index contributed by atoms with van der Waals surface area (Å²) >= 11 is 1.44. The van der Waals surface area contributed by atoms with Crippen LogP contribution in [0.15, 0.2) is 37.1 Å². The van der Waals surface area contributed by atoms with E-state index in [4.69, 9.17) is 0 Å². The van der Waals surface area contributed by atoms with Crippen LogP contribution in [0.3, 0.4) is 0 Å². The van der Waals surface area contributed by atoms with E-state index in [2.05, 4.69) is 25.7 Å². The minimum atomic E-state index is -0.286. The van der Waals surface area contributed by atoms with E-state index in [9.17, 15) is 4.79 Å². The smallest absolute Gasteiger partial charge is 0.321 e. The topological polar surface area (TPSA) is 84.7 Å². The molecule has 7 nitrogen and oxygen atoms in total. The first kappa shape index (κ1) is 15.2. The van der Waals surface area contributed by atoms with Crippen LogP contribution >= 0.6 is 11.3 Å². The Morgan fingerprint density at radius 3 is 2.83 bits per heavy atom. The maximum Gasteiger partial charge on any atom is 0.321 e. The summed E-state index contributed by atoms with van der Waals surface area (Å²) in [7, 11) is 1.87. The minimum absolute atomic E-state index is 0.286. The highest BCUT2D eigenvalue weighted by Crippen LogP contribution is 2.18. The molecule has 0 aliphatic carbocycles. The monoisotopic (exact) mass is 328 g/mol. The Kier molecular flexibility index (Phi) is 4.33. The van der Waals surface area contributed by atoms with Crippen LogP contribution in [0.2, 0.25) is 0 Å². The first-order valence-corrected chi connectivity index (χ1v) is 7.82. The van der Waals surface area contributed by atoms with Gasteiger partial charge in [-0.1, -0.05) is 0 Å². The third-order valence-corrected chi connectivity index (χ3v) is 3.96. The third-order valence-electron chi connectivity index (χ3n) is 3.13. The van der Waals surface area contributed by atoms with E-state index < -0.39 is 0 Å². The number of pyridine rings is 1. The number of hydrogen-bond acceptors (Lipinski definition) is 5. The molecule has 2 amide bonds. The number of thiazole rings is 1. The molecular weight excluding hydrogens is 312 g/mol. The average Bonchev–Trinajstić information content (AvgIpc) is 3.14. The molecule has 3 rings (SSSR count). The number of aromatic nitrogens is 4. The summed E-state index contributed by atoms with van der Waals surface area (Å²) in [6.07, 6.45) is 8.94. The Labute approximate surface area is 137 Å². The molecule has 0 atom stereocenters. The zero-order valence-electron chi connectivity index (χ0n) is 12.8. The van der Waals surface area contributed by atoms with E-state index in [1.807, 2.05) is 26.2 Å². The summed E-state index contributed by atoms with van der Waals surface area (Å²) in [6, 6.07) is 1.70. The Balaban J connectivity index is 1.61. The average molecular weight is 328 g/mol. The number of hydrogen-bond donors (Lipinski definition) is 2. The molecule has 0 unspecified atom stereocenters. The number of aryl methyl sites for hydroxylation is 2. The van der Waals surface area contributed by atoms with Crippen LogP contribution in [-0.4, -0.2) is 25.8 Å². The molecule has 0 aromatic carbocycles. The fraction of sp³-hybridized carbons (Fsp3) is 0.200. The van der Waals surface area contributed by atoms with Crippen LogP contribution in [-0.2, 0) is 13.6 Å². The molecule has 8 heteroatoms. The van der Waals surface area contributed by atoms with Gasteiger partial charge in [0.1, 0.15) is 0 Å². The van der Waals surface area contributed by atoms with Gasteiger partial charge in [0.2, 0.25) is 0 Å². The Morgan fingerprint density at radius 1 is 1.26 bits per heavy atom. The fourth-order valence-corrected chi connectivity index (χ4v) is 2.71. The van der Waals surface area contributed by atoms with Crippen molar-refractivity contribution in [1.29, 1.82) is 0 Å². The van der Waals surface area contributed by atoms with Crippen molar-refractivity contribution in [2.75, 3.05) is 5.32 Å². The van der Waals surface area contributed by atoms with Gasteiger partial charge in [0.15, 0.2) is 5.13 Å². The molecule has 3 aromatic heterocycles. The van der Waals surface area contributed by atoms with Gasteiger partial charge < -0.3 is 5.32 Å². The van der Waals surface area contributed by atoms with E-state index in [0.717, 1.165) is 21.6 Å². The molecule has 0 fully saturated rings. The summed E-state index contributed by atoms with van der Waals surface area (Å²) in [4.78, 5) is 21.2. The Morgan fingerprint density at radius 2 is 2.13 bits per heavy atom. The van der Waals surface area contributed by atoms with Crippen molar-refractivity contribution in [2.24, 2.45) is 7.05 Å². The highest BCUT2D eigenvalue weighted by Gasteiger charge is 2.06. The van der Waals surface area contributed by atoms with Crippen LogP contribution in [0.25, 0.3) is 11.1 Å². The maximum absolute atomic E-state index is 11.9. The molecule has 0 spiro atoms. The highest BCUT2D eigenvalue weighted by molar-refractivity contribution is 7.15. The molecule has 0 aliphatic rings. The largest absolute Gasteiger partial charge is 0.334 e. The van der Waals surface area contributed by atoms with E-state index in [-0.39, 0.29) is 6.03 Å². The Hall–Kier alpha value is -2.74. The van der Waals surface area contributed by atoms with Crippen LogP contribution in [0, 0.1) is 6.92 Å². The molecule has 3 aromatic rings. The second-order valence-electron chi connectivity index (χ2n) is 5.07.